The Labute approximate surface area is 118 Å². The summed E-state index contributed by atoms with van der Waals surface area (Å²) in [7, 11) is 0. The second-order valence-electron chi connectivity index (χ2n) is 5.06. The van der Waals surface area contributed by atoms with Crippen molar-refractivity contribution in [1.82, 2.24) is 4.98 Å². The van der Waals surface area contributed by atoms with Gasteiger partial charge in [-0.2, -0.15) is 0 Å². The second-order valence-corrected chi connectivity index (χ2v) is 6.12. The number of esters is 1. The Morgan fingerprint density at radius 3 is 2.89 bits per heavy atom. The first-order valence-electron chi connectivity index (χ1n) is 6.87. The van der Waals surface area contributed by atoms with Gasteiger partial charge in [0.25, 0.3) is 0 Å². The van der Waals surface area contributed by atoms with Crippen LogP contribution in [0.1, 0.15) is 48.1 Å². The molecule has 1 fully saturated rings. The second kappa shape index (κ2) is 7.01. The summed E-state index contributed by atoms with van der Waals surface area (Å²) < 4.78 is 10.9. The number of aryl methyl sites for hydroxylation is 1. The zero-order chi connectivity index (χ0) is 13.7. The van der Waals surface area contributed by atoms with Gasteiger partial charge in [0.1, 0.15) is 6.61 Å². The summed E-state index contributed by atoms with van der Waals surface area (Å²) in [5.74, 6) is 0.260. The van der Waals surface area contributed by atoms with Gasteiger partial charge in [0.05, 0.1) is 17.7 Å². The van der Waals surface area contributed by atoms with E-state index < -0.39 is 0 Å². The number of carbonyl (C=O) groups excluding carboxylic acids is 1. The van der Waals surface area contributed by atoms with Crippen molar-refractivity contribution in [1.29, 1.82) is 0 Å². The molecular weight excluding hydrogens is 262 g/mol. The van der Waals surface area contributed by atoms with Gasteiger partial charge < -0.3 is 9.47 Å². The number of carbonyl (C=O) groups is 1. The van der Waals surface area contributed by atoms with Crippen LogP contribution in [0.4, 0.5) is 0 Å². The van der Waals surface area contributed by atoms with E-state index in [1.54, 1.807) is 5.38 Å². The fourth-order valence-electron chi connectivity index (χ4n) is 2.39. The number of rotatable bonds is 5. The van der Waals surface area contributed by atoms with Crippen molar-refractivity contribution in [2.24, 2.45) is 5.92 Å². The zero-order valence-corrected chi connectivity index (χ0v) is 12.4. The van der Waals surface area contributed by atoms with Gasteiger partial charge in [-0.25, -0.2) is 9.78 Å². The van der Waals surface area contributed by atoms with Crippen LogP contribution in [0.15, 0.2) is 5.38 Å². The smallest absolute Gasteiger partial charge is 0.357 e. The fourth-order valence-corrected chi connectivity index (χ4v) is 2.98. The molecule has 0 unspecified atom stereocenters. The van der Waals surface area contributed by atoms with Crippen LogP contribution < -0.4 is 0 Å². The highest BCUT2D eigenvalue weighted by Crippen LogP contribution is 2.26. The van der Waals surface area contributed by atoms with Crippen molar-refractivity contribution in [2.75, 3.05) is 13.2 Å². The molecule has 19 heavy (non-hydrogen) atoms. The molecule has 2 rings (SSSR count). The topological polar surface area (TPSA) is 48.4 Å². The van der Waals surface area contributed by atoms with Crippen molar-refractivity contribution in [2.45, 2.75) is 45.6 Å². The average molecular weight is 283 g/mol. The third-order valence-corrected chi connectivity index (χ3v) is 4.28. The maximum Gasteiger partial charge on any atom is 0.357 e. The quantitative estimate of drug-likeness (QED) is 0.615. The highest BCUT2D eigenvalue weighted by Gasteiger charge is 2.21. The van der Waals surface area contributed by atoms with Crippen molar-refractivity contribution in [3.8, 4) is 0 Å². The Morgan fingerprint density at radius 2 is 2.21 bits per heavy atom. The van der Waals surface area contributed by atoms with Gasteiger partial charge >= 0.3 is 5.97 Å². The molecular formula is C14H21NO3S. The highest BCUT2D eigenvalue weighted by molar-refractivity contribution is 7.09. The summed E-state index contributed by atoms with van der Waals surface area (Å²) in [4.78, 5) is 15.7. The van der Waals surface area contributed by atoms with E-state index in [0.29, 0.717) is 30.9 Å². The van der Waals surface area contributed by atoms with E-state index in [2.05, 4.69) is 11.9 Å². The molecule has 0 bridgehead atoms. The summed E-state index contributed by atoms with van der Waals surface area (Å²) in [6.45, 7) is 4.88. The molecule has 1 aromatic heterocycles. The molecule has 0 spiro atoms. The number of hydrogen-bond donors (Lipinski definition) is 0. The highest BCUT2D eigenvalue weighted by atomic mass is 32.1. The SMILES string of the molecule is Cc1nc(C(=O)OCCO[C@H]2CCCC[C@@H]2C)cs1. The van der Waals surface area contributed by atoms with Gasteiger partial charge in [0.15, 0.2) is 5.69 Å². The number of ether oxygens (including phenoxy) is 2. The monoisotopic (exact) mass is 283 g/mol. The van der Waals surface area contributed by atoms with E-state index in [-0.39, 0.29) is 5.97 Å². The number of thiazole rings is 1. The Hall–Kier alpha value is -0.940. The summed E-state index contributed by atoms with van der Waals surface area (Å²) in [6, 6.07) is 0. The first-order chi connectivity index (χ1) is 9.16. The molecule has 1 aliphatic carbocycles. The summed E-state index contributed by atoms with van der Waals surface area (Å²) in [5.41, 5.74) is 0.397. The summed E-state index contributed by atoms with van der Waals surface area (Å²) >= 11 is 1.45. The Balaban J connectivity index is 1.65. The summed E-state index contributed by atoms with van der Waals surface area (Å²) in [6.07, 6.45) is 5.24. The van der Waals surface area contributed by atoms with Crippen molar-refractivity contribution in [3.63, 3.8) is 0 Å². The maximum atomic E-state index is 11.6. The van der Waals surface area contributed by atoms with Crippen LogP contribution in [0.25, 0.3) is 0 Å². The normalized spacial score (nSPS) is 23.3. The standard InChI is InChI=1S/C14H21NO3S/c1-10-5-3-4-6-13(10)17-7-8-18-14(16)12-9-19-11(2)15-12/h9-10,13H,3-8H2,1-2H3/t10-,13-/m0/s1. The van der Waals surface area contributed by atoms with Crippen LogP contribution >= 0.6 is 11.3 Å². The van der Waals surface area contributed by atoms with Crippen molar-refractivity contribution in [3.05, 3.63) is 16.1 Å². The molecule has 0 radical (unpaired) electrons. The molecule has 5 heteroatoms. The molecule has 0 amide bonds. The average Bonchev–Trinajstić information content (AvgIpc) is 2.83. The molecule has 4 nitrogen and oxygen atoms in total. The van der Waals surface area contributed by atoms with Gasteiger partial charge in [-0.3, -0.25) is 0 Å². The van der Waals surface area contributed by atoms with Gasteiger partial charge in [-0.15, -0.1) is 11.3 Å². The van der Waals surface area contributed by atoms with Gasteiger partial charge in [-0.1, -0.05) is 19.8 Å². The maximum absolute atomic E-state index is 11.6. The van der Waals surface area contributed by atoms with Gasteiger partial charge in [-0.05, 0) is 25.7 Å². The first kappa shape index (κ1) is 14.5. The molecule has 0 aromatic carbocycles. The van der Waals surface area contributed by atoms with E-state index in [4.69, 9.17) is 9.47 Å². The molecule has 1 saturated carbocycles. The molecule has 1 heterocycles. The van der Waals surface area contributed by atoms with Crippen molar-refractivity contribution >= 4 is 17.3 Å². The zero-order valence-electron chi connectivity index (χ0n) is 11.6. The minimum absolute atomic E-state index is 0.304. The lowest BCUT2D eigenvalue weighted by Crippen LogP contribution is -2.27. The van der Waals surface area contributed by atoms with Crippen LogP contribution in [-0.4, -0.2) is 30.3 Å². The largest absolute Gasteiger partial charge is 0.458 e. The summed E-state index contributed by atoms with van der Waals surface area (Å²) in [5, 5.41) is 2.60. The minimum atomic E-state index is -0.357. The lowest BCUT2D eigenvalue weighted by Gasteiger charge is -2.28. The number of nitrogens with zero attached hydrogens (tertiary/aromatic N) is 1. The predicted molar refractivity (Wildman–Crippen MR) is 74.5 cm³/mol. The van der Waals surface area contributed by atoms with Gasteiger partial charge in [0.2, 0.25) is 0 Å². The van der Waals surface area contributed by atoms with Crippen LogP contribution in [0, 0.1) is 12.8 Å². The van der Waals surface area contributed by atoms with E-state index in [0.717, 1.165) is 11.4 Å². The third-order valence-electron chi connectivity index (χ3n) is 3.51. The fraction of sp³-hybridized carbons (Fsp3) is 0.714. The lowest BCUT2D eigenvalue weighted by atomic mass is 9.88. The van der Waals surface area contributed by atoms with Crippen molar-refractivity contribution < 1.29 is 14.3 Å². The van der Waals surface area contributed by atoms with Crippen LogP contribution in [0.2, 0.25) is 0 Å². The molecule has 0 N–H and O–H groups in total. The Bertz CT molecular complexity index is 419. The number of aromatic nitrogens is 1. The molecule has 1 aliphatic rings. The molecule has 0 aliphatic heterocycles. The van der Waals surface area contributed by atoms with Crippen LogP contribution in [0.5, 0.6) is 0 Å². The van der Waals surface area contributed by atoms with E-state index in [1.165, 1.54) is 30.6 Å². The molecule has 1 aromatic rings. The van der Waals surface area contributed by atoms with Crippen LogP contribution in [0.3, 0.4) is 0 Å². The third kappa shape index (κ3) is 4.28. The van der Waals surface area contributed by atoms with E-state index >= 15 is 0 Å². The molecule has 0 saturated heterocycles. The Morgan fingerprint density at radius 1 is 1.42 bits per heavy atom. The molecule has 106 valence electrons. The van der Waals surface area contributed by atoms with Crippen LogP contribution in [-0.2, 0) is 9.47 Å². The van der Waals surface area contributed by atoms with E-state index in [1.807, 2.05) is 6.92 Å². The molecule has 2 atom stereocenters. The lowest BCUT2D eigenvalue weighted by molar-refractivity contribution is -0.0272. The predicted octanol–water partition coefficient (Wildman–Crippen LogP) is 3.20. The first-order valence-corrected chi connectivity index (χ1v) is 7.75. The van der Waals surface area contributed by atoms with E-state index in [9.17, 15) is 4.79 Å². The minimum Gasteiger partial charge on any atom is -0.458 e. The van der Waals surface area contributed by atoms with Gasteiger partial charge in [0, 0.05) is 5.38 Å². The number of hydrogen-bond acceptors (Lipinski definition) is 5. The Kier molecular flexibility index (Phi) is 5.34.